The highest BCUT2D eigenvalue weighted by Gasteiger charge is 2.19. The molecule has 0 atom stereocenters. The smallest absolute Gasteiger partial charge is 0.363 e. The van der Waals surface area contributed by atoms with E-state index in [2.05, 4.69) is 17.1 Å². The summed E-state index contributed by atoms with van der Waals surface area (Å²) >= 11 is 0. The van der Waals surface area contributed by atoms with Crippen molar-refractivity contribution in [2.24, 2.45) is 4.99 Å². The second kappa shape index (κ2) is 3.46. The third kappa shape index (κ3) is 1.71. The lowest BCUT2D eigenvalue weighted by atomic mass is 10.2. The second-order valence-electron chi connectivity index (χ2n) is 2.82. The van der Waals surface area contributed by atoms with E-state index in [1.165, 1.54) is 0 Å². The summed E-state index contributed by atoms with van der Waals surface area (Å²) in [5, 5.41) is 0. The summed E-state index contributed by atoms with van der Waals surface area (Å²) in [5.41, 5.74) is 1.15. The summed E-state index contributed by atoms with van der Waals surface area (Å²) in [4.78, 5) is 15.1. The van der Waals surface area contributed by atoms with E-state index in [4.69, 9.17) is 4.74 Å². The number of carbonyl (C=O) groups is 1. The zero-order valence-electron chi connectivity index (χ0n) is 7.57. The fraction of sp³-hybridized carbons (Fsp3) is 0.0909. The first-order valence-corrected chi connectivity index (χ1v) is 4.12. The van der Waals surface area contributed by atoms with E-state index in [1.54, 1.807) is 31.2 Å². The molecule has 2 rings (SSSR count). The fourth-order valence-corrected chi connectivity index (χ4v) is 1.12. The van der Waals surface area contributed by atoms with Gasteiger partial charge in [0.2, 0.25) is 0 Å². The van der Waals surface area contributed by atoms with Gasteiger partial charge in [-0.1, -0.05) is 0 Å². The van der Waals surface area contributed by atoms with E-state index in [1.807, 2.05) is 0 Å². The quantitative estimate of drug-likeness (QED) is 0.492. The van der Waals surface area contributed by atoms with Crippen molar-refractivity contribution < 1.29 is 9.53 Å². The monoisotopic (exact) mass is 185 g/mol. The molecule has 0 aromatic heterocycles. The van der Waals surface area contributed by atoms with E-state index >= 15 is 0 Å². The van der Waals surface area contributed by atoms with Gasteiger partial charge in [-0.3, -0.25) is 0 Å². The van der Waals surface area contributed by atoms with Gasteiger partial charge in [0.05, 0.1) is 0 Å². The molecule has 1 aromatic rings. The van der Waals surface area contributed by atoms with Gasteiger partial charge in [0, 0.05) is 6.92 Å². The predicted octanol–water partition coefficient (Wildman–Crippen LogP) is 1.60. The van der Waals surface area contributed by atoms with Gasteiger partial charge in [-0.25, -0.2) is 9.79 Å². The minimum absolute atomic E-state index is 0.315. The molecule has 3 nitrogen and oxygen atoms in total. The van der Waals surface area contributed by atoms with Gasteiger partial charge in [0.25, 0.3) is 0 Å². The van der Waals surface area contributed by atoms with Crippen LogP contribution in [0.4, 0.5) is 0 Å². The number of cyclic esters (lactones) is 1. The molecular formula is C11H7NO2. The molecule has 68 valence electrons. The van der Waals surface area contributed by atoms with Crippen LogP contribution in [0.2, 0.25) is 0 Å². The van der Waals surface area contributed by atoms with Crippen molar-refractivity contribution in [1.29, 1.82) is 0 Å². The van der Waals surface area contributed by atoms with Crippen molar-refractivity contribution in [3.8, 4) is 0 Å². The molecule has 1 heterocycles. The predicted molar refractivity (Wildman–Crippen MR) is 51.3 cm³/mol. The number of hydrogen-bond acceptors (Lipinski definition) is 3. The summed E-state index contributed by atoms with van der Waals surface area (Å²) in [6, 6.07) is 10.9. The number of ether oxygens (including phenoxy) is 1. The topological polar surface area (TPSA) is 38.7 Å². The van der Waals surface area contributed by atoms with Crippen LogP contribution >= 0.6 is 0 Å². The van der Waals surface area contributed by atoms with E-state index in [0.717, 1.165) is 5.56 Å². The number of nitrogens with zero attached hydrogens (tertiary/aromatic N) is 1. The van der Waals surface area contributed by atoms with Gasteiger partial charge in [0.1, 0.15) is 0 Å². The molecule has 0 N–H and O–H groups in total. The van der Waals surface area contributed by atoms with Crippen LogP contribution < -0.4 is 0 Å². The molecule has 3 heteroatoms. The fourth-order valence-electron chi connectivity index (χ4n) is 1.12. The third-order valence-corrected chi connectivity index (χ3v) is 1.70. The molecule has 1 aliphatic heterocycles. The van der Waals surface area contributed by atoms with Crippen molar-refractivity contribution in [3.05, 3.63) is 41.6 Å². The van der Waals surface area contributed by atoms with Crippen LogP contribution in [-0.4, -0.2) is 11.9 Å². The van der Waals surface area contributed by atoms with Crippen LogP contribution in [0.25, 0.3) is 6.08 Å². The van der Waals surface area contributed by atoms with Crippen LogP contribution in [0, 0.1) is 12.1 Å². The van der Waals surface area contributed by atoms with Crippen LogP contribution in [0.15, 0.2) is 28.9 Å². The molecule has 0 aliphatic carbocycles. The Kier molecular flexibility index (Phi) is 2.14. The zero-order valence-corrected chi connectivity index (χ0v) is 7.57. The van der Waals surface area contributed by atoms with E-state index < -0.39 is 5.97 Å². The lowest BCUT2D eigenvalue weighted by Crippen LogP contribution is -1.99. The Morgan fingerprint density at radius 1 is 1.43 bits per heavy atom. The maximum atomic E-state index is 11.2. The average Bonchev–Trinajstić information content (AvgIpc) is 2.47. The summed E-state index contributed by atoms with van der Waals surface area (Å²) in [6.07, 6.45) is 1.64. The van der Waals surface area contributed by atoms with Crippen LogP contribution in [-0.2, 0) is 9.53 Å². The van der Waals surface area contributed by atoms with Gasteiger partial charge < -0.3 is 4.74 Å². The SMILES string of the molecule is CC1=N/C(=C\c2c[c]c[c]c2)C(=O)O1. The van der Waals surface area contributed by atoms with Crippen LogP contribution in [0.1, 0.15) is 12.5 Å². The zero-order chi connectivity index (χ0) is 9.97. The number of carbonyl (C=O) groups excluding carboxylic acids is 1. The maximum absolute atomic E-state index is 11.2. The summed E-state index contributed by atoms with van der Waals surface area (Å²) < 4.78 is 4.77. The lowest BCUT2D eigenvalue weighted by molar-refractivity contribution is -0.130. The Labute approximate surface area is 81.7 Å². The molecule has 0 bridgehead atoms. The number of hydrogen-bond donors (Lipinski definition) is 0. The number of benzene rings is 1. The Bertz CT molecular complexity index is 418. The highest BCUT2D eigenvalue weighted by Crippen LogP contribution is 2.14. The molecule has 2 radical (unpaired) electrons. The summed E-state index contributed by atoms with van der Waals surface area (Å²) in [6.45, 7) is 1.64. The first-order chi connectivity index (χ1) is 6.75. The average molecular weight is 185 g/mol. The third-order valence-electron chi connectivity index (χ3n) is 1.70. The molecule has 14 heavy (non-hydrogen) atoms. The second-order valence-corrected chi connectivity index (χ2v) is 2.82. The summed E-state index contributed by atoms with van der Waals surface area (Å²) in [7, 11) is 0. The standard InChI is InChI=1S/C11H7NO2/c1-8-12-10(11(13)14-8)7-9-5-3-2-4-6-9/h2,5-7H,1H3/b10-7-. The first kappa shape index (κ1) is 8.69. The van der Waals surface area contributed by atoms with Gasteiger partial charge in [0.15, 0.2) is 11.6 Å². The van der Waals surface area contributed by atoms with E-state index in [0.29, 0.717) is 11.6 Å². The van der Waals surface area contributed by atoms with Gasteiger partial charge in [-0.15, -0.1) is 0 Å². The minimum Gasteiger partial charge on any atom is -0.407 e. The summed E-state index contributed by atoms with van der Waals surface area (Å²) in [5.74, 6) is -0.0310. The van der Waals surface area contributed by atoms with E-state index in [-0.39, 0.29) is 0 Å². The molecule has 0 saturated heterocycles. The lowest BCUT2D eigenvalue weighted by Gasteiger charge is -1.91. The first-order valence-electron chi connectivity index (χ1n) is 4.12. The van der Waals surface area contributed by atoms with Crippen LogP contribution in [0.5, 0.6) is 0 Å². The molecule has 0 unspecified atom stereocenters. The number of esters is 1. The Morgan fingerprint density at radius 2 is 2.14 bits per heavy atom. The minimum atomic E-state index is -0.411. The molecule has 0 saturated carbocycles. The normalized spacial score (nSPS) is 18.2. The molecule has 1 aliphatic rings. The van der Waals surface area contributed by atoms with Crippen molar-refractivity contribution in [2.75, 3.05) is 0 Å². The molecule has 1 aromatic carbocycles. The molecule has 0 spiro atoms. The molecule has 0 fully saturated rings. The highest BCUT2D eigenvalue weighted by molar-refractivity contribution is 6.06. The van der Waals surface area contributed by atoms with Crippen molar-refractivity contribution in [1.82, 2.24) is 0 Å². The van der Waals surface area contributed by atoms with Gasteiger partial charge in [-0.2, -0.15) is 0 Å². The van der Waals surface area contributed by atoms with E-state index in [9.17, 15) is 4.79 Å². The number of rotatable bonds is 1. The largest absolute Gasteiger partial charge is 0.407 e. The highest BCUT2D eigenvalue weighted by atomic mass is 16.6. The maximum Gasteiger partial charge on any atom is 0.363 e. The molecule has 0 amide bonds. The van der Waals surface area contributed by atoms with Gasteiger partial charge >= 0.3 is 5.97 Å². The Hall–Kier alpha value is -1.90. The molecular weight excluding hydrogens is 178 g/mol. The Morgan fingerprint density at radius 3 is 2.71 bits per heavy atom. The number of aliphatic imine (C=N–C) groups is 1. The van der Waals surface area contributed by atoms with Crippen LogP contribution in [0.3, 0.4) is 0 Å². The van der Waals surface area contributed by atoms with Crippen molar-refractivity contribution >= 4 is 17.9 Å². The van der Waals surface area contributed by atoms with Crippen molar-refractivity contribution in [2.45, 2.75) is 6.92 Å². The van der Waals surface area contributed by atoms with Crippen molar-refractivity contribution in [3.63, 3.8) is 0 Å². The van der Waals surface area contributed by atoms with Gasteiger partial charge in [-0.05, 0) is 42.0 Å². The Balaban J connectivity index is 2.32.